The number of thiophene rings is 1. The van der Waals surface area contributed by atoms with Crippen molar-refractivity contribution in [2.45, 2.75) is 30.2 Å². The molecule has 2 N–H and O–H groups in total. The molecule has 0 saturated carbocycles. The van der Waals surface area contributed by atoms with E-state index in [0.717, 1.165) is 17.6 Å². The molecule has 1 aliphatic heterocycles. The first-order valence-electron chi connectivity index (χ1n) is 10.5. The van der Waals surface area contributed by atoms with Gasteiger partial charge in [-0.05, 0) is 36.6 Å². The molecule has 1 aromatic heterocycles. The maximum absolute atomic E-state index is 13.3. The second kappa shape index (κ2) is 10.2. The normalized spacial score (nSPS) is 20.3. The Morgan fingerprint density at radius 2 is 2.00 bits per heavy atom. The predicted molar refractivity (Wildman–Crippen MR) is 130 cm³/mol. The Labute approximate surface area is 204 Å². The van der Waals surface area contributed by atoms with E-state index in [1.165, 1.54) is 40.5 Å². The molecule has 1 amide bonds. The van der Waals surface area contributed by atoms with E-state index in [1.807, 2.05) is 6.92 Å². The van der Waals surface area contributed by atoms with Crippen LogP contribution >= 0.6 is 11.3 Å². The fourth-order valence-corrected chi connectivity index (χ4v) is 6.57. The van der Waals surface area contributed by atoms with Crippen molar-refractivity contribution in [2.75, 3.05) is 37.7 Å². The third kappa shape index (κ3) is 5.89. The van der Waals surface area contributed by atoms with Gasteiger partial charge in [0, 0.05) is 25.2 Å². The van der Waals surface area contributed by atoms with E-state index in [4.69, 9.17) is 4.74 Å². The number of nitrogens with one attached hydrogen (secondary N) is 1. The number of ether oxygens (including phenoxy) is 1. The quantitative estimate of drug-likeness (QED) is 0.529. The zero-order valence-electron chi connectivity index (χ0n) is 19.3. The Morgan fingerprint density at radius 3 is 2.59 bits per heavy atom. The summed E-state index contributed by atoms with van der Waals surface area (Å²) in [6.45, 7) is 3.52. The average Bonchev–Trinajstić information content (AvgIpc) is 3.30. The number of hydrogen-bond acceptors (Lipinski definition) is 8. The molecule has 2 aromatic rings. The van der Waals surface area contributed by atoms with E-state index < -0.39 is 38.1 Å². The van der Waals surface area contributed by atoms with Crippen molar-refractivity contribution >= 4 is 43.0 Å². The number of benzene rings is 1. The van der Waals surface area contributed by atoms with Gasteiger partial charge in [0.2, 0.25) is 10.0 Å². The minimum Gasteiger partial charge on any atom is -0.488 e. The van der Waals surface area contributed by atoms with Crippen LogP contribution in [0.5, 0.6) is 5.75 Å². The number of amides is 1. The van der Waals surface area contributed by atoms with Crippen molar-refractivity contribution in [3.63, 3.8) is 0 Å². The summed E-state index contributed by atoms with van der Waals surface area (Å²) < 4.78 is 59.2. The Hall–Kier alpha value is -2.19. The summed E-state index contributed by atoms with van der Waals surface area (Å²) in [5, 5.41) is 11.4. The van der Waals surface area contributed by atoms with Crippen LogP contribution in [-0.4, -0.2) is 82.2 Å². The number of anilines is 1. The number of hydrogen-bond donors (Lipinski definition) is 2. The van der Waals surface area contributed by atoms with Gasteiger partial charge in [-0.1, -0.05) is 13.0 Å². The highest BCUT2D eigenvalue weighted by Crippen LogP contribution is 2.31. The second-order valence-electron chi connectivity index (χ2n) is 8.43. The lowest BCUT2D eigenvalue weighted by Crippen LogP contribution is -2.50. The fraction of sp³-hybridized carbons (Fsp3) is 0.476. The van der Waals surface area contributed by atoms with E-state index in [9.17, 15) is 26.7 Å². The van der Waals surface area contributed by atoms with Gasteiger partial charge in [-0.15, -0.1) is 11.3 Å². The summed E-state index contributed by atoms with van der Waals surface area (Å²) in [5.74, 6) is -0.489. The highest BCUT2D eigenvalue weighted by molar-refractivity contribution is 7.92. The highest BCUT2D eigenvalue weighted by atomic mass is 32.2. The van der Waals surface area contributed by atoms with Crippen LogP contribution in [0, 0.1) is 5.92 Å². The molecule has 3 rings (SSSR count). The average molecular weight is 532 g/mol. The Bertz CT molecular complexity index is 1230. The highest BCUT2D eigenvalue weighted by Gasteiger charge is 2.35. The fourth-order valence-electron chi connectivity index (χ4n) is 3.63. The lowest BCUT2D eigenvalue weighted by Gasteiger charge is -2.38. The number of fused-ring (bicyclic) bond motifs is 1. The van der Waals surface area contributed by atoms with Gasteiger partial charge < -0.3 is 14.7 Å². The molecule has 10 nitrogen and oxygen atoms in total. The number of rotatable bonds is 8. The topological polar surface area (TPSA) is 133 Å². The molecule has 13 heteroatoms. The number of carbonyl (C=O) groups is 1. The predicted octanol–water partition coefficient (Wildman–Crippen LogP) is 1.66. The maximum atomic E-state index is 13.3. The second-order valence-corrected chi connectivity index (χ2v) is 13.4. The number of aliphatic hydroxyl groups excluding tert-OH is 1. The van der Waals surface area contributed by atoms with Crippen molar-refractivity contribution in [2.24, 2.45) is 5.92 Å². The molecule has 2 heterocycles. The van der Waals surface area contributed by atoms with Crippen LogP contribution in [0.15, 0.2) is 39.9 Å². The standard InChI is InChI=1S/C21H29N3O7S3/c1-14-11-24(15(2)13-25)21(26)17-10-16(22-33(4,27)28)7-8-18(17)31-19(14)12-23(3)34(29,30)20-6-5-9-32-20/h5-10,14-15,19,22,25H,11-13H2,1-4H3/t14-,15+,19+/m1/s1. The van der Waals surface area contributed by atoms with Crippen molar-refractivity contribution < 1.29 is 31.5 Å². The third-order valence-corrected chi connectivity index (χ3v) is 9.37. The molecular weight excluding hydrogens is 502 g/mol. The molecule has 3 atom stereocenters. The van der Waals surface area contributed by atoms with Crippen LogP contribution in [0.4, 0.5) is 5.69 Å². The third-order valence-electron chi connectivity index (χ3n) is 5.56. The number of carbonyl (C=O) groups excluding carboxylic acids is 1. The smallest absolute Gasteiger partial charge is 0.258 e. The molecule has 34 heavy (non-hydrogen) atoms. The first-order chi connectivity index (χ1) is 15.8. The van der Waals surface area contributed by atoms with Crippen LogP contribution in [-0.2, 0) is 20.0 Å². The van der Waals surface area contributed by atoms with Gasteiger partial charge >= 0.3 is 0 Å². The van der Waals surface area contributed by atoms with Crippen molar-refractivity contribution in [1.29, 1.82) is 0 Å². The van der Waals surface area contributed by atoms with Crippen molar-refractivity contribution in [3.05, 3.63) is 41.3 Å². The van der Waals surface area contributed by atoms with Crippen molar-refractivity contribution in [1.82, 2.24) is 9.21 Å². The molecule has 0 unspecified atom stereocenters. The lowest BCUT2D eigenvalue weighted by molar-refractivity contribution is 0.0387. The number of likely N-dealkylation sites (N-methyl/N-ethyl adjacent to an activating group) is 1. The van der Waals surface area contributed by atoms with Gasteiger partial charge in [-0.2, -0.15) is 4.31 Å². The Kier molecular flexibility index (Phi) is 7.92. The molecule has 1 aromatic carbocycles. The molecular formula is C21H29N3O7S3. The largest absolute Gasteiger partial charge is 0.488 e. The zero-order chi connectivity index (χ0) is 25.3. The molecule has 0 spiro atoms. The summed E-state index contributed by atoms with van der Waals surface area (Å²) in [6, 6.07) is 7.03. The molecule has 0 bridgehead atoms. The summed E-state index contributed by atoms with van der Waals surface area (Å²) in [4.78, 5) is 14.8. The lowest BCUT2D eigenvalue weighted by atomic mass is 9.99. The van der Waals surface area contributed by atoms with Crippen LogP contribution < -0.4 is 9.46 Å². The number of sulfonamides is 2. The number of aliphatic hydroxyl groups is 1. The molecule has 0 saturated heterocycles. The Balaban J connectivity index is 1.99. The first-order valence-corrected chi connectivity index (χ1v) is 14.7. The summed E-state index contributed by atoms with van der Waals surface area (Å²) in [6.07, 6.45) is 0.387. The molecule has 0 radical (unpaired) electrons. The van der Waals surface area contributed by atoms with Crippen LogP contribution in [0.3, 0.4) is 0 Å². The van der Waals surface area contributed by atoms with Crippen LogP contribution in [0.1, 0.15) is 24.2 Å². The molecule has 188 valence electrons. The van der Waals surface area contributed by atoms with E-state index in [0.29, 0.717) is 0 Å². The molecule has 0 aliphatic carbocycles. The van der Waals surface area contributed by atoms with E-state index in [1.54, 1.807) is 18.4 Å². The van der Waals surface area contributed by atoms with Crippen LogP contribution in [0.25, 0.3) is 0 Å². The molecule has 0 fully saturated rings. The van der Waals surface area contributed by atoms with E-state index >= 15 is 0 Å². The summed E-state index contributed by atoms with van der Waals surface area (Å²) in [7, 11) is -5.81. The molecule has 1 aliphatic rings. The summed E-state index contributed by atoms with van der Waals surface area (Å²) >= 11 is 1.12. The van der Waals surface area contributed by atoms with Crippen LogP contribution in [0.2, 0.25) is 0 Å². The SMILES string of the molecule is C[C@@H]1CN([C@@H](C)CO)C(=O)c2cc(NS(C)(=O)=O)ccc2O[C@H]1CN(C)S(=O)(=O)c1cccs1. The summed E-state index contributed by atoms with van der Waals surface area (Å²) in [5.41, 5.74) is 0.312. The minimum absolute atomic E-state index is 0.0275. The van der Waals surface area contributed by atoms with Gasteiger partial charge in [-0.3, -0.25) is 9.52 Å². The monoisotopic (exact) mass is 531 g/mol. The van der Waals surface area contributed by atoms with Gasteiger partial charge in [0.15, 0.2) is 0 Å². The van der Waals surface area contributed by atoms with Gasteiger partial charge in [0.25, 0.3) is 15.9 Å². The Morgan fingerprint density at radius 1 is 1.29 bits per heavy atom. The van der Waals surface area contributed by atoms with E-state index in [-0.39, 0.29) is 46.8 Å². The van der Waals surface area contributed by atoms with Crippen molar-refractivity contribution in [3.8, 4) is 5.75 Å². The van der Waals surface area contributed by atoms with Gasteiger partial charge in [-0.25, -0.2) is 16.8 Å². The maximum Gasteiger partial charge on any atom is 0.258 e. The van der Waals surface area contributed by atoms with E-state index in [2.05, 4.69) is 4.72 Å². The number of nitrogens with zero attached hydrogens (tertiary/aromatic N) is 2. The van der Waals surface area contributed by atoms with Gasteiger partial charge in [0.05, 0.1) is 31.0 Å². The van der Waals surface area contributed by atoms with Gasteiger partial charge in [0.1, 0.15) is 16.1 Å². The first kappa shape index (κ1) is 26.4. The minimum atomic E-state index is -3.71. The zero-order valence-corrected chi connectivity index (χ0v) is 21.8.